The van der Waals surface area contributed by atoms with Crippen LogP contribution in [0.5, 0.6) is 11.8 Å². The van der Waals surface area contributed by atoms with Gasteiger partial charge in [0, 0.05) is 31.3 Å². The fraction of sp³-hybridized carbons (Fsp3) is 0.211. The molecule has 2 heterocycles. The molecule has 0 unspecified atom stereocenters. The van der Waals surface area contributed by atoms with Crippen molar-refractivity contribution in [1.82, 2.24) is 14.3 Å². The van der Waals surface area contributed by atoms with Crippen LogP contribution in [0.15, 0.2) is 35.1 Å². The third-order valence-corrected chi connectivity index (χ3v) is 5.06. The maximum atomic E-state index is 13.0. The number of aryl methyl sites for hydroxylation is 1. The van der Waals surface area contributed by atoms with Gasteiger partial charge in [0.25, 0.3) is 6.43 Å². The number of aromatic nitrogens is 3. The van der Waals surface area contributed by atoms with Crippen molar-refractivity contribution in [3.05, 3.63) is 61.9 Å². The number of ether oxygens (including phenoxy) is 1. The van der Waals surface area contributed by atoms with Crippen molar-refractivity contribution < 1.29 is 23.4 Å². The largest absolute Gasteiger partial charge is 0.477 e. The third-order valence-electron chi connectivity index (χ3n) is 4.32. The molecule has 0 aliphatic heterocycles. The first kappa shape index (κ1) is 21.8. The molecule has 0 bridgehead atoms. The van der Waals surface area contributed by atoms with Crippen molar-refractivity contribution in [2.75, 3.05) is 0 Å². The smallest absolute Gasteiger partial charge is 0.341 e. The molecule has 7 nitrogen and oxygen atoms in total. The summed E-state index contributed by atoms with van der Waals surface area (Å²) in [5, 5.41) is 13.9. The standard InChI is InChI=1S/C19H15Cl2F2N3O4/c1-3-26-15(30-14-7-12(18(22)23)25(2)24-14)8-13(27)16(19(28)29)17(26)9-4-5-10(20)11(21)6-9/h4-8,18H,3H2,1-2H3,(H,28,29). The Bertz CT molecular complexity index is 1190. The van der Waals surface area contributed by atoms with Gasteiger partial charge in [-0.2, -0.15) is 0 Å². The van der Waals surface area contributed by atoms with Gasteiger partial charge < -0.3 is 14.4 Å². The number of carboxylic acid groups (broad SMARTS) is 1. The lowest BCUT2D eigenvalue weighted by atomic mass is 10.0. The second-order valence-electron chi connectivity index (χ2n) is 6.18. The first-order valence-corrected chi connectivity index (χ1v) is 9.36. The van der Waals surface area contributed by atoms with E-state index in [0.717, 1.165) is 16.8 Å². The summed E-state index contributed by atoms with van der Waals surface area (Å²) < 4.78 is 34.0. The normalized spacial score (nSPS) is 11.2. The van der Waals surface area contributed by atoms with Gasteiger partial charge in [-0.25, -0.2) is 13.6 Å². The molecule has 30 heavy (non-hydrogen) atoms. The first-order chi connectivity index (χ1) is 14.1. The summed E-state index contributed by atoms with van der Waals surface area (Å²) in [6.07, 6.45) is -2.77. The average Bonchev–Trinajstić information content (AvgIpc) is 3.03. The van der Waals surface area contributed by atoms with Crippen LogP contribution in [0.2, 0.25) is 10.0 Å². The second-order valence-corrected chi connectivity index (χ2v) is 7.00. The zero-order valence-electron chi connectivity index (χ0n) is 15.7. The van der Waals surface area contributed by atoms with Gasteiger partial charge in [-0.05, 0) is 19.1 Å². The lowest BCUT2D eigenvalue weighted by Crippen LogP contribution is -2.21. The van der Waals surface area contributed by atoms with E-state index in [9.17, 15) is 23.5 Å². The second kappa shape index (κ2) is 8.45. The van der Waals surface area contributed by atoms with Gasteiger partial charge in [0.05, 0.1) is 15.7 Å². The van der Waals surface area contributed by atoms with E-state index in [4.69, 9.17) is 27.9 Å². The quantitative estimate of drug-likeness (QED) is 0.562. The minimum absolute atomic E-state index is 0.0380. The van der Waals surface area contributed by atoms with Crippen LogP contribution in [0, 0.1) is 0 Å². The Labute approximate surface area is 179 Å². The molecule has 0 amide bonds. The molecule has 2 aromatic heterocycles. The zero-order valence-corrected chi connectivity index (χ0v) is 17.2. The van der Waals surface area contributed by atoms with Crippen LogP contribution in [0.1, 0.15) is 29.4 Å². The van der Waals surface area contributed by atoms with Gasteiger partial charge >= 0.3 is 5.97 Å². The summed E-state index contributed by atoms with van der Waals surface area (Å²) in [7, 11) is 1.33. The number of benzene rings is 1. The summed E-state index contributed by atoms with van der Waals surface area (Å²) in [6, 6.07) is 6.43. The van der Waals surface area contributed by atoms with E-state index in [1.54, 1.807) is 6.92 Å². The summed E-state index contributed by atoms with van der Waals surface area (Å²) in [6.45, 7) is 1.90. The van der Waals surface area contributed by atoms with Crippen LogP contribution in [-0.2, 0) is 13.6 Å². The van der Waals surface area contributed by atoms with Gasteiger partial charge in [0.1, 0.15) is 11.3 Å². The highest BCUT2D eigenvalue weighted by Crippen LogP contribution is 2.33. The molecular formula is C19H15Cl2F2N3O4. The minimum atomic E-state index is -2.77. The molecule has 11 heteroatoms. The molecular weight excluding hydrogens is 443 g/mol. The number of hydrogen-bond donors (Lipinski definition) is 1. The van der Waals surface area contributed by atoms with Crippen LogP contribution in [0.25, 0.3) is 11.3 Å². The van der Waals surface area contributed by atoms with E-state index >= 15 is 0 Å². The molecule has 3 aromatic rings. The maximum Gasteiger partial charge on any atom is 0.341 e. The third kappa shape index (κ3) is 4.03. The number of nitrogens with zero attached hydrogens (tertiary/aromatic N) is 3. The molecule has 0 aliphatic carbocycles. The van der Waals surface area contributed by atoms with Crippen LogP contribution in [0.3, 0.4) is 0 Å². The highest BCUT2D eigenvalue weighted by Gasteiger charge is 2.24. The summed E-state index contributed by atoms with van der Waals surface area (Å²) in [4.78, 5) is 24.4. The number of halogens is 4. The monoisotopic (exact) mass is 457 g/mol. The fourth-order valence-corrected chi connectivity index (χ4v) is 3.29. The molecule has 158 valence electrons. The molecule has 1 N–H and O–H groups in total. The van der Waals surface area contributed by atoms with E-state index in [2.05, 4.69) is 5.10 Å². The molecule has 1 aromatic carbocycles. The predicted molar refractivity (Wildman–Crippen MR) is 107 cm³/mol. The SMILES string of the molecule is CCn1c(Oc2cc(C(F)F)n(C)n2)cc(=O)c(C(=O)O)c1-c1ccc(Cl)c(Cl)c1. The molecule has 0 saturated heterocycles. The van der Waals surface area contributed by atoms with E-state index in [0.29, 0.717) is 5.56 Å². The molecule has 0 aliphatic rings. The number of carboxylic acids is 1. The highest BCUT2D eigenvalue weighted by molar-refractivity contribution is 6.42. The van der Waals surface area contributed by atoms with E-state index < -0.39 is 23.4 Å². The van der Waals surface area contributed by atoms with Crippen molar-refractivity contribution >= 4 is 29.2 Å². The lowest BCUT2D eigenvalue weighted by Gasteiger charge is -2.19. The Morgan fingerprint density at radius 2 is 1.93 bits per heavy atom. The number of carbonyl (C=O) groups is 1. The topological polar surface area (TPSA) is 86.4 Å². The van der Waals surface area contributed by atoms with Crippen molar-refractivity contribution in [3.8, 4) is 23.0 Å². The molecule has 3 rings (SSSR count). The van der Waals surface area contributed by atoms with E-state index in [-0.39, 0.29) is 39.7 Å². The molecule has 0 radical (unpaired) electrons. The summed E-state index contributed by atoms with van der Waals surface area (Å²) >= 11 is 12.0. The van der Waals surface area contributed by atoms with Crippen LogP contribution in [0.4, 0.5) is 8.78 Å². The maximum absolute atomic E-state index is 13.0. The number of pyridine rings is 1. The van der Waals surface area contributed by atoms with Gasteiger partial charge in [-0.3, -0.25) is 9.48 Å². The van der Waals surface area contributed by atoms with Crippen molar-refractivity contribution in [3.63, 3.8) is 0 Å². The van der Waals surface area contributed by atoms with Gasteiger partial charge in [0.15, 0.2) is 0 Å². The summed E-state index contributed by atoms with van der Waals surface area (Å²) in [5.74, 6) is -1.67. The van der Waals surface area contributed by atoms with Gasteiger partial charge in [-0.15, -0.1) is 5.10 Å². The number of hydrogen-bond acceptors (Lipinski definition) is 4. The number of rotatable bonds is 6. The van der Waals surface area contributed by atoms with Crippen LogP contribution in [-0.4, -0.2) is 25.4 Å². The highest BCUT2D eigenvalue weighted by atomic mass is 35.5. The fourth-order valence-electron chi connectivity index (χ4n) is 2.99. The predicted octanol–water partition coefficient (Wildman–Crippen LogP) is 5.00. The molecule has 0 atom stereocenters. The number of alkyl halides is 2. The Hall–Kier alpha value is -2.91. The zero-order chi connectivity index (χ0) is 22.2. The average molecular weight is 458 g/mol. The summed E-state index contributed by atoms with van der Waals surface area (Å²) in [5.41, 5.74) is -1.33. The lowest BCUT2D eigenvalue weighted by molar-refractivity contribution is 0.0695. The van der Waals surface area contributed by atoms with Gasteiger partial charge in [0.2, 0.25) is 17.2 Å². The van der Waals surface area contributed by atoms with E-state index in [1.807, 2.05) is 0 Å². The first-order valence-electron chi connectivity index (χ1n) is 8.60. The molecule has 0 fully saturated rings. The minimum Gasteiger partial charge on any atom is -0.477 e. The Morgan fingerprint density at radius 1 is 1.23 bits per heavy atom. The van der Waals surface area contributed by atoms with E-state index in [1.165, 1.54) is 29.8 Å². The van der Waals surface area contributed by atoms with Crippen molar-refractivity contribution in [1.29, 1.82) is 0 Å². The van der Waals surface area contributed by atoms with Crippen molar-refractivity contribution in [2.24, 2.45) is 7.05 Å². The number of aromatic carboxylic acids is 1. The Kier molecular flexibility index (Phi) is 6.14. The van der Waals surface area contributed by atoms with Crippen LogP contribution >= 0.6 is 23.2 Å². The Balaban J connectivity index is 2.24. The van der Waals surface area contributed by atoms with Gasteiger partial charge in [-0.1, -0.05) is 29.3 Å². The molecule has 0 spiro atoms. The molecule has 0 saturated carbocycles. The van der Waals surface area contributed by atoms with Crippen molar-refractivity contribution in [2.45, 2.75) is 19.9 Å². The Morgan fingerprint density at radius 3 is 2.47 bits per heavy atom. The van der Waals surface area contributed by atoms with Crippen LogP contribution < -0.4 is 10.2 Å².